The zero-order valence-electron chi connectivity index (χ0n) is 10.6. The van der Waals surface area contributed by atoms with E-state index in [9.17, 15) is 4.79 Å². The molecule has 0 aromatic rings. The van der Waals surface area contributed by atoms with Gasteiger partial charge in [-0.3, -0.25) is 4.79 Å². The van der Waals surface area contributed by atoms with Gasteiger partial charge in [-0.15, -0.1) is 0 Å². The zero-order valence-corrected chi connectivity index (χ0v) is 10.6. The van der Waals surface area contributed by atoms with Gasteiger partial charge in [-0.05, 0) is 38.5 Å². The SMILES string of the molecule is NCC1(C(=O)NCCC2=CCCC2)CCCC1. The van der Waals surface area contributed by atoms with Gasteiger partial charge < -0.3 is 11.1 Å². The smallest absolute Gasteiger partial charge is 0.227 e. The largest absolute Gasteiger partial charge is 0.355 e. The monoisotopic (exact) mass is 236 g/mol. The molecule has 2 aliphatic carbocycles. The number of rotatable bonds is 5. The molecule has 0 atom stereocenters. The molecule has 0 aromatic carbocycles. The normalized spacial score (nSPS) is 22.5. The Kier molecular flexibility index (Phi) is 4.21. The van der Waals surface area contributed by atoms with Crippen molar-refractivity contribution in [1.29, 1.82) is 0 Å². The molecule has 3 nitrogen and oxygen atoms in total. The maximum Gasteiger partial charge on any atom is 0.227 e. The van der Waals surface area contributed by atoms with Crippen molar-refractivity contribution in [3.05, 3.63) is 11.6 Å². The Morgan fingerprint density at radius 3 is 2.71 bits per heavy atom. The highest BCUT2D eigenvalue weighted by Crippen LogP contribution is 2.37. The van der Waals surface area contributed by atoms with Crippen LogP contribution in [0.15, 0.2) is 11.6 Å². The first-order valence-corrected chi connectivity index (χ1v) is 6.93. The summed E-state index contributed by atoms with van der Waals surface area (Å²) < 4.78 is 0. The van der Waals surface area contributed by atoms with Gasteiger partial charge >= 0.3 is 0 Å². The van der Waals surface area contributed by atoms with Gasteiger partial charge in [0.05, 0.1) is 5.41 Å². The van der Waals surface area contributed by atoms with E-state index >= 15 is 0 Å². The molecule has 2 aliphatic rings. The molecule has 0 heterocycles. The fourth-order valence-electron chi connectivity index (χ4n) is 3.06. The van der Waals surface area contributed by atoms with E-state index in [1.807, 2.05) is 0 Å². The molecule has 0 saturated heterocycles. The Morgan fingerprint density at radius 2 is 2.12 bits per heavy atom. The predicted molar refractivity (Wildman–Crippen MR) is 69.5 cm³/mol. The number of hydrogen-bond acceptors (Lipinski definition) is 2. The van der Waals surface area contributed by atoms with E-state index in [0.29, 0.717) is 6.54 Å². The number of carbonyl (C=O) groups excluding carboxylic acids is 1. The van der Waals surface area contributed by atoms with Crippen molar-refractivity contribution < 1.29 is 4.79 Å². The molecule has 96 valence electrons. The van der Waals surface area contributed by atoms with Crippen molar-refractivity contribution >= 4 is 5.91 Å². The first kappa shape index (κ1) is 12.6. The number of allylic oxidation sites excluding steroid dienone is 1. The molecule has 1 fully saturated rings. The summed E-state index contributed by atoms with van der Waals surface area (Å²) in [6, 6.07) is 0. The summed E-state index contributed by atoms with van der Waals surface area (Å²) in [6.07, 6.45) is 11.3. The summed E-state index contributed by atoms with van der Waals surface area (Å²) in [5, 5.41) is 3.08. The van der Waals surface area contributed by atoms with Crippen LogP contribution >= 0.6 is 0 Å². The Balaban J connectivity index is 1.76. The third kappa shape index (κ3) is 2.89. The molecule has 2 rings (SSSR count). The molecule has 0 spiro atoms. The molecule has 3 heteroatoms. The quantitative estimate of drug-likeness (QED) is 0.718. The van der Waals surface area contributed by atoms with E-state index in [1.165, 1.54) is 24.8 Å². The topological polar surface area (TPSA) is 55.1 Å². The Morgan fingerprint density at radius 1 is 1.35 bits per heavy atom. The summed E-state index contributed by atoms with van der Waals surface area (Å²) in [7, 11) is 0. The molecular formula is C14H24N2O. The van der Waals surface area contributed by atoms with Gasteiger partial charge in [0.1, 0.15) is 0 Å². The number of hydrogen-bond donors (Lipinski definition) is 2. The fraction of sp³-hybridized carbons (Fsp3) is 0.786. The van der Waals surface area contributed by atoms with Crippen LogP contribution < -0.4 is 11.1 Å². The first-order chi connectivity index (χ1) is 8.27. The van der Waals surface area contributed by atoms with E-state index in [-0.39, 0.29) is 11.3 Å². The lowest BCUT2D eigenvalue weighted by Crippen LogP contribution is -2.44. The van der Waals surface area contributed by atoms with E-state index in [0.717, 1.165) is 38.6 Å². The zero-order chi connectivity index (χ0) is 12.1. The summed E-state index contributed by atoms with van der Waals surface area (Å²) in [5.41, 5.74) is 7.06. The van der Waals surface area contributed by atoms with E-state index in [1.54, 1.807) is 0 Å². The van der Waals surface area contributed by atoms with Crippen LogP contribution in [0.5, 0.6) is 0 Å². The molecule has 0 aliphatic heterocycles. The molecule has 0 bridgehead atoms. The van der Waals surface area contributed by atoms with Gasteiger partial charge in [-0.2, -0.15) is 0 Å². The average molecular weight is 236 g/mol. The lowest BCUT2D eigenvalue weighted by atomic mass is 9.85. The summed E-state index contributed by atoms with van der Waals surface area (Å²) in [6.45, 7) is 1.29. The van der Waals surface area contributed by atoms with Gasteiger partial charge in [-0.25, -0.2) is 0 Å². The van der Waals surface area contributed by atoms with E-state index < -0.39 is 0 Å². The Hall–Kier alpha value is -0.830. The van der Waals surface area contributed by atoms with Crippen molar-refractivity contribution in [1.82, 2.24) is 5.32 Å². The van der Waals surface area contributed by atoms with Crippen molar-refractivity contribution in [2.45, 2.75) is 51.4 Å². The van der Waals surface area contributed by atoms with Crippen LogP contribution in [-0.2, 0) is 4.79 Å². The number of amides is 1. The summed E-state index contributed by atoms with van der Waals surface area (Å²) in [5.74, 6) is 0.191. The van der Waals surface area contributed by atoms with Crippen LogP contribution in [0.2, 0.25) is 0 Å². The lowest BCUT2D eigenvalue weighted by Gasteiger charge is -2.25. The molecular weight excluding hydrogens is 212 g/mol. The third-order valence-corrected chi connectivity index (χ3v) is 4.30. The first-order valence-electron chi connectivity index (χ1n) is 6.93. The van der Waals surface area contributed by atoms with Crippen LogP contribution in [0.4, 0.5) is 0 Å². The molecule has 17 heavy (non-hydrogen) atoms. The molecule has 0 unspecified atom stereocenters. The molecule has 1 amide bonds. The second kappa shape index (κ2) is 5.67. The van der Waals surface area contributed by atoms with Crippen LogP contribution in [0.1, 0.15) is 51.4 Å². The van der Waals surface area contributed by atoms with Crippen molar-refractivity contribution in [3.63, 3.8) is 0 Å². The predicted octanol–water partition coefficient (Wildman–Crippen LogP) is 2.12. The lowest BCUT2D eigenvalue weighted by molar-refractivity contribution is -0.130. The highest BCUT2D eigenvalue weighted by molar-refractivity contribution is 5.83. The molecule has 1 saturated carbocycles. The average Bonchev–Trinajstić information content (AvgIpc) is 3.00. The third-order valence-electron chi connectivity index (χ3n) is 4.30. The highest BCUT2D eigenvalue weighted by atomic mass is 16.2. The maximum atomic E-state index is 12.2. The van der Waals surface area contributed by atoms with Crippen LogP contribution in [0.25, 0.3) is 0 Å². The van der Waals surface area contributed by atoms with Gasteiger partial charge in [0.2, 0.25) is 5.91 Å². The van der Waals surface area contributed by atoms with E-state index in [2.05, 4.69) is 11.4 Å². The second-order valence-corrected chi connectivity index (χ2v) is 5.45. The Labute approximate surface area is 104 Å². The van der Waals surface area contributed by atoms with Gasteiger partial charge in [0, 0.05) is 13.1 Å². The fourth-order valence-corrected chi connectivity index (χ4v) is 3.06. The summed E-state index contributed by atoms with van der Waals surface area (Å²) >= 11 is 0. The molecule has 3 N–H and O–H groups in total. The molecule has 0 radical (unpaired) electrons. The van der Waals surface area contributed by atoms with Crippen molar-refractivity contribution in [2.75, 3.05) is 13.1 Å². The molecule has 0 aromatic heterocycles. The van der Waals surface area contributed by atoms with Gasteiger partial charge in [0.15, 0.2) is 0 Å². The highest BCUT2D eigenvalue weighted by Gasteiger charge is 2.39. The van der Waals surface area contributed by atoms with Crippen molar-refractivity contribution in [3.8, 4) is 0 Å². The number of nitrogens with one attached hydrogen (secondary N) is 1. The summed E-state index contributed by atoms with van der Waals surface area (Å²) in [4.78, 5) is 12.2. The van der Waals surface area contributed by atoms with Crippen LogP contribution in [0, 0.1) is 5.41 Å². The minimum absolute atomic E-state index is 0.191. The second-order valence-electron chi connectivity index (χ2n) is 5.45. The minimum Gasteiger partial charge on any atom is -0.355 e. The van der Waals surface area contributed by atoms with Crippen LogP contribution in [-0.4, -0.2) is 19.0 Å². The Bertz CT molecular complexity index is 303. The standard InChI is InChI=1S/C14H24N2O/c15-11-14(8-3-4-9-14)13(17)16-10-7-12-5-1-2-6-12/h5H,1-4,6-11,15H2,(H,16,17). The van der Waals surface area contributed by atoms with Crippen molar-refractivity contribution in [2.24, 2.45) is 11.1 Å². The minimum atomic E-state index is -0.246. The van der Waals surface area contributed by atoms with Gasteiger partial charge in [0.25, 0.3) is 0 Å². The van der Waals surface area contributed by atoms with E-state index in [4.69, 9.17) is 5.73 Å². The maximum absolute atomic E-state index is 12.2. The number of carbonyl (C=O) groups is 1. The van der Waals surface area contributed by atoms with Gasteiger partial charge in [-0.1, -0.05) is 24.5 Å². The van der Waals surface area contributed by atoms with Crippen LogP contribution in [0.3, 0.4) is 0 Å². The number of nitrogens with two attached hydrogens (primary N) is 1.